The summed E-state index contributed by atoms with van der Waals surface area (Å²) in [6, 6.07) is 0. The predicted octanol–water partition coefficient (Wildman–Crippen LogP) is 1.75. The van der Waals surface area contributed by atoms with E-state index < -0.39 is 0 Å². The Hall–Kier alpha value is -1.14. The van der Waals surface area contributed by atoms with Gasteiger partial charge in [0.05, 0.1) is 11.9 Å². The molecule has 0 atom stereocenters. The van der Waals surface area contributed by atoms with Crippen molar-refractivity contribution in [2.24, 2.45) is 0 Å². The first-order chi connectivity index (χ1) is 9.22. The van der Waals surface area contributed by atoms with Crippen molar-refractivity contribution < 1.29 is 0 Å². The zero-order valence-electron chi connectivity index (χ0n) is 11.1. The van der Waals surface area contributed by atoms with Crippen LogP contribution in [-0.4, -0.2) is 29.4 Å². The molecule has 0 spiro atoms. The third-order valence-corrected chi connectivity index (χ3v) is 3.85. The summed E-state index contributed by atoms with van der Waals surface area (Å²) < 4.78 is 2.05. The minimum atomic E-state index is -0.0776. The number of nitrogens with one attached hydrogen (secondary N) is 2. The molecule has 0 aliphatic carbocycles. The van der Waals surface area contributed by atoms with Crippen LogP contribution in [0.1, 0.15) is 19.8 Å². The summed E-state index contributed by atoms with van der Waals surface area (Å²) in [5.41, 5.74) is 2.05. The largest absolute Gasteiger partial charge is 0.379 e. The quantitative estimate of drug-likeness (QED) is 0.809. The Labute approximate surface area is 121 Å². The minimum absolute atomic E-state index is 0.0776. The number of nitrogens with zero attached hydrogens (tertiary/aromatic N) is 2. The maximum absolute atomic E-state index is 12.0. The molecule has 0 saturated heterocycles. The highest BCUT2D eigenvalue weighted by Crippen LogP contribution is 2.17. The first-order valence-corrected chi connectivity index (χ1v) is 7.39. The van der Waals surface area contributed by atoms with Crippen molar-refractivity contribution in [2.75, 3.05) is 25.0 Å². The maximum atomic E-state index is 12.0. The molecule has 2 heterocycles. The van der Waals surface area contributed by atoms with E-state index >= 15 is 0 Å². The number of rotatable bonds is 5. The summed E-state index contributed by atoms with van der Waals surface area (Å²) >= 11 is 3.36. The van der Waals surface area contributed by atoms with Crippen molar-refractivity contribution in [2.45, 2.75) is 26.3 Å². The molecule has 19 heavy (non-hydrogen) atoms. The van der Waals surface area contributed by atoms with Crippen molar-refractivity contribution >= 4 is 21.6 Å². The van der Waals surface area contributed by atoms with Gasteiger partial charge in [-0.05, 0) is 35.3 Å². The van der Waals surface area contributed by atoms with Crippen LogP contribution in [0.5, 0.6) is 0 Å². The van der Waals surface area contributed by atoms with Gasteiger partial charge in [0.25, 0.3) is 5.56 Å². The van der Waals surface area contributed by atoms with E-state index in [1.54, 1.807) is 6.20 Å². The van der Waals surface area contributed by atoms with Crippen LogP contribution in [0.3, 0.4) is 0 Å². The Morgan fingerprint density at radius 1 is 1.58 bits per heavy atom. The summed E-state index contributed by atoms with van der Waals surface area (Å²) in [5, 5.41) is 10.7. The molecular formula is C13H19BrN4O. The highest BCUT2D eigenvalue weighted by molar-refractivity contribution is 9.10. The second-order valence-corrected chi connectivity index (χ2v) is 5.36. The molecule has 1 aromatic rings. The highest BCUT2D eigenvalue weighted by Gasteiger charge is 2.09. The maximum Gasteiger partial charge on any atom is 0.283 e. The molecule has 5 nitrogen and oxygen atoms in total. The van der Waals surface area contributed by atoms with Crippen LogP contribution in [0.25, 0.3) is 0 Å². The number of hydrogen-bond acceptors (Lipinski definition) is 4. The average molecular weight is 327 g/mol. The Morgan fingerprint density at radius 2 is 2.42 bits per heavy atom. The van der Waals surface area contributed by atoms with Gasteiger partial charge in [-0.1, -0.05) is 18.6 Å². The van der Waals surface area contributed by atoms with E-state index in [2.05, 4.69) is 37.7 Å². The molecule has 104 valence electrons. The molecule has 0 bridgehead atoms. The van der Waals surface area contributed by atoms with Gasteiger partial charge in [-0.15, -0.1) is 0 Å². The van der Waals surface area contributed by atoms with Gasteiger partial charge in [0.15, 0.2) is 0 Å². The van der Waals surface area contributed by atoms with Crippen molar-refractivity contribution in [3.63, 3.8) is 0 Å². The number of hydrogen-bond donors (Lipinski definition) is 2. The van der Waals surface area contributed by atoms with Crippen molar-refractivity contribution in [3.05, 3.63) is 32.7 Å². The smallest absolute Gasteiger partial charge is 0.283 e. The van der Waals surface area contributed by atoms with Crippen LogP contribution in [0.15, 0.2) is 27.1 Å². The zero-order chi connectivity index (χ0) is 13.7. The van der Waals surface area contributed by atoms with Crippen LogP contribution >= 0.6 is 15.9 Å². The van der Waals surface area contributed by atoms with Gasteiger partial charge in [-0.25, -0.2) is 4.68 Å². The van der Waals surface area contributed by atoms with Gasteiger partial charge in [-0.2, -0.15) is 5.10 Å². The van der Waals surface area contributed by atoms with Gasteiger partial charge < -0.3 is 10.6 Å². The third kappa shape index (κ3) is 3.67. The number of anilines is 1. The fourth-order valence-corrected chi connectivity index (χ4v) is 2.45. The number of aryl methyl sites for hydroxylation is 1. The molecule has 0 unspecified atom stereocenters. The molecule has 6 heteroatoms. The third-order valence-electron chi connectivity index (χ3n) is 3.08. The molecule has 0 radical (unpaired) electrons. The van der Waals surface area contributed by atoms with Crippen molar-refractivity contribution in [3.8, 4) is 0 Å². The van der Waals surface area contributed by atoms with E-state index in [1.807, 2.05) is 6.92 Å². The lowest BCUT2D eigenvalue weighted by Gasteiger charge is -2.16. The topological polar surface area (TPSA) is 59.0 Å². The van der Waals surface area contributed by atoms with Gasteiger partial charge in [0.2, 0.25) is 0 Å². The molecule has 0 amide bonds. The molecular weight excluding hydrogens is 308 g/mol. The molecule has 2 N–H and O–H groups in total. The molecule has 2 rings (SSSR count). The fourth-order valence-electron chi connectivity index (χ4n) is 2.00. The van der Waals surface area contributed by atoms with Crippen LogP contribution in [-0.2, 0) is 6.54 Å². The Bertz CT molecular complexity index is 524. The standard InChI is InChI=1S/C13H19BrN4O/c1-2-7-18-13(19)12(14)11(9-17-18)16-8-10-3-5-15-6-4-10/h3,9,15-16H,2,4-8H2,1H3. The first kappa shape index (κ1) is 14.3. The van der Waals surface area contributed by atoms with Gasteiger partial charge in [0.1, 0.15) is 4.47 Å². The number of halogens is 1. The van der Waals surface area contributed by atoms with Gasteiger partial charge >= 0.3 is 0 Å². The summed E-state index contributed by atoms with van der Waals surface area (Å²) in [5.74, 6) is 0. The van der Waals surface area contributed by atoms with Crippen LogP contribution < -0.4 is 16.2 Å². The van der Waals surface area contributed by atoms with Gasteiger partial charge in [0, 0.05) is 19.6 Å². The Morgan fingerprint density at radius 3 is 3.11 bits per heavy atom. The lowest BCUT2D eigenvalue weighted by Crippen LogP contribution is -2.26. The van der Waals surface area contributed by atoms with E-state index in [9.17, 15) is 4.79 Å². The Kier molecular flexibility index (Phi) is 5.15. The highest BCUT2D eigenvalue weighted by atomic mass is 79.9. The molecule has 1 aromatic heterocycles. The molecule has 0 fully saturated rings. The second-order valence-electron chi connectivity index (χ2n) is 4.57. The summed E-state index contributed by atoms with van der Waals surface area (Å²) in [6.07, 6.45) is 5.84. The zero-order valence-corrected chi connectivity index (χ0v) is 12.7. The summed E-state index contributed by atoms with van der Waals surface area (Å²) in [4.78, 5) is 12.0. The predicted molar refractivity (Wildman–Crippen MR) is 80.5 cm³/mol. The van der Waals surface area contributed by atoms with Gasteiger partial charge in [-0.3, -0.25) is 4.79 Å². The fraction of sp³-hybridized carbons (Fsp3) is 0.538. The van der Waals surface area contributed by atoms with Crippen LogP contribution in [0.2, 0.25) is 0 Å². The van der Waals surface area contributed by atoms with Crippen LogP contribution in [0.4, 0.5) is 5.69 Å². The van der Waals surface area contributed by atoms with E-state index in [0.717, 1.165) is 38.2 Å². The molecule has 0 aromatic carbocycles. The van der Waals surface area contributed by atoms with E-state index in [0.29, 0.717) is 11.0 Å². The molecule has 1 aliphatic rings. The van der Waals surface area contributed by atoms with Crippen molar-refractivity contribution in [1.82, 2.24) is 15.1 Å². The lowest BCUT2D eigenvalue weighted by atomic mass is 10.1. The average Bonchev–Trinajstić information content (AvgIpc) is 2.44. The monoisotopic (exact) mass is 326 g/mol. The summed E-state index contributed by atoms with van der Waals surface area (Å²) in [7, 11) is 0. The number of aromatic nitrogens is 2. The van der Waals surface area contributed by atoms with E-state index in [4.69, 9.17) is 0 Å². The first-order valence-electron chi connectivity index (χ1n) is 6.60. The van der Waals surface area contributed by atoms with E-state index in [-0.39, 0.29) is 5.56 Å². The minimum Gasteiger partial charge on any atom is -0.379 e. The normalized spacial score (nSPS) is 15.2. The lowest BCUT2D eigenvalue weighted by molar-refractivity contribution is 0.566. The van der Waals surface area contributed by atoms with Crippen molar-refractivity contribution in [1.29, 1.82) is 0 Å². The Balaban J connectivity index is 2.06. The van der Waals surface area contributed by atoms with E-state index in [1.165, 1.54) is 10.3 Å². The second kappa shape index (κ2) is 6.86. The molecule has 1 aliphatic heterocycles. The SMILES string of the molecule is CCCn1ncc(NCC2=CCNCC2)c(Br)c1=O. The van der Waals surface area contributed by atoms with Crippen LogP contribution in [0, 0.1) is 0 Å². The molecule has 0 saturated carbocycles. The summed E-state index contributed by atoms with van der Waals surface area (Å²) in [6.45, 7) is 5.38.